The van der Waals surface area contributed by atoms with Gasteiger partial charge in [0.2, 0.25) is 0 Å². The molecule has 0 fully saturated rings. The molecule has 0 saturated heterocycles. The highest BCUT2D eigenvalue weighted by Gasteiger charge is 2.32. The summed E-state index contributed by atoms with van der Waals surface area (Å²) in [5, 5.41) is 30.1. The van der Waals surface area contributed by atoms with Crippen LogP contribution in [0, 0.1) is 22.7 Å². The number of para-hydroxylation sites is 8. The zero-order valence-corrected chi connectivity index (χ0v) is 36.3. The summed E-state index contributed by atoms with van der Waals surface area (Å²) in [4.78, 5) is 6.23. The van der Waals surface area contributed by atoms with Crippen LogP contribution in [0.15, 0.2) is 212 Å². The van der Waals surface area contributed by atoms with Gasteiger partial charge in [-0.15, -0.1) is 0 Å². The van der Waals surface area contributed by atoms with Crippen LogP contribution in [-0.2, 0) is 0 Å². The van der Waals surface area contributed by atoms with Crippen LogP contribution in [0.3, 0.4) is 0 Å². The molecule has 68 heavy (non-hydrogen) atoms. The van der Waals surface area contributed by atoms with E-state index in [0.717, 1.165) is 110 Å². The van der Waals surface area contributed by atoms with Crippen LogP contribution in [0.25, 0.3) is 121 Å². The van der Waals surface area contributed by atoms with E-state index in [1.54, 1.807) is 6.07 Å². The van der Waals surface area contributed by atoms with Gasteiger partial charge in [-0.05, 0) is 66.2 Å². The summed E-state index contributed by atoms with van der Waals surface area (Å²) >= 11 is 0. The van der Waals surface area contributed by atoms with Gasteiger partial charge in [-0.3, -0.25) is 9.13 Å². The molecule has 0 spiro atoms. The number of aromatic nitrogens is 5. The topological polar surface area (TPSA) is 80.2 Å². The zero-order chi connectivity index (χ0) is 45.0. The second kappa shape index (κ2) is 14.4. The Labute approximate surface area is 389 Å². The third kappa shape index (κ3) is 5.13. The minimum absolute atomic E-state index is 0.292. The number of nitrogens with zero attached hydrogens (tertiary/aromatic N) is 7. The van der Waals surface area contributed by atoms with Gasteiger partial charge in [-0.25, -0.2) is 4.98 Å². The van der Waals surface area contributed by atoms with E-state index in [1.807, 2.05) is 12.1 Å². The number of rotatable bonds is 5. The van der Waals surface area contributed by atoms with E-state index in [9.17, 15) is 10.5 Å². The summed E-state index contributed by atoms with van der Waals surface area (Å²) in [7, 11) is 0. The molecule has 0 unspecified atom stereocenters. The van der Waals surface area contributed by atoms with E-state index in [-0.39, 0.29) is 0 Å². The highest BCUT2D eigenvalue weighted by Crippen LogP contribution is 2.49. The molecule has 0 aliphatic rings. The quantitative estimate of drug-likeness (QED) is 0.173. The molecule has 314 valence electrons. The van der Waals surface area contributed by atoms with Gasteiger partial charge < -0.3 is 9.13 Å². The second-order valence-electron chi connectivity index (χ2n) is 17.3. The maximum absolute atomic E-state index is 10.8. The first-order valence-corrected chi connectivity index (χ1v) is 22.7. The van der Waals surface area contributed by atoms with Gasteiger partial charge in [0.05, 0.1) is 55.3 Å². The summed E-state index contributed by atoms with van der Waals surface area (Å²) in [6.45, 7) is 0. The van der Waals surface area contributed by atoms with Gasteiger partial charge in [0.25, 0.3) is 0 Å². The van der Waals surface area contributed by atoms with Crippen LogP contribution in [0.4, 0.5) is 0 Å². The molecule has 7 heteroatoms. The highest BCUT2D eigenvalue weighted by molar-refractivity contribution is 6.15. The van der Waals surface area contributed by atoms with Gasteiger partial charge in [-0.2, -0.15) is 10.5 Å². The zero-order valence-electron chi connectivity index (χ0n) is 36.3. The third-order valence-electron chi connectivity index (χ3n) is 13.8. The molecular weight excluding hydrogens is 831 g/mol. The Hall–Kier alpha value is -9.69. The van der Waals surface area contributed by atoms with Crippen molar-refractivity contribution >= 4 is 87.2 Å². The van der Waals surface area contributed by atoms with E-state index in [2.05, 4.69) is 225 Å². The first-order valence-electron chi connectivity index (χ1n) is 22.7. The van der Waals surface area contributed by atoms with Crippen molar-refractivity contribution in [1.29, 1.82) is 10.5 Å². The molecule has 9 aromatic carbocycles. The van der Waals surface area contributed by atoms with Gasteiger partial charge >= 0.3 is 0 Å². The maximum Gasteiger partial charge on any atom is 0.165 e. The lowest BCUT2D eigenvalue weighted by atomic mass is 9.96. The van der Waals surface area contributed by atoms with Crippen molar-refractivity contribution in [2.24, 2.45) is 0 Å². The van der Waals surface area contributed by atoms with Crippen LogP contribution in [0.1, 0.15) is 11.1 Å². The fourth-order valence-corrected chi connectivity index (χ4v) is 11.1. The number of pyridine rings is 1. The second-order valence-corrected chi connectivity index (χ2v) is 17.3. The summed E-state index contributed by atoms with van der Waals surface area (Å²) < 4.78 is 9.41. The Morgan fingerprint density at radius 2 is 0.559 bits per heavy atom. The van der Waals surface area contributed by atoms with E-state index >= 15 is 0 Å². The molecule has 7 nitrogen and oxygen atoms in total. The average Bonchev–Trinajstić information content (AvgIpc) is 4.13. The van der Waals surface area contributed by atoms with E-state index < -0.39 is 0 Å². The maximum atomic E-state index is 10.8. The Balaban J connectivity index is 1.34. The lowest BCUT2D eigenvalue weighted by molar-refractivity contribution is 0.961. The molecule has 0 N–H and O–H groups in total. The van der Waals surface area contributed by atoms with Crippen LogP contribution >= 0.6 is 0 Å². The largest absolute Gasteiger partial charge is 0.305 e. The molecule has 0 atom stereocenters. The Morgan fingerprint density at radius 1 is 0.294 bits per heavy atom. The van der Waals surface area contributed by atoms with E-state index in [1.165, 1.54) is 0 Å². The third-order valence-corrected chi connectivity index (χ3v) is 13.8. The summed E-state index contributed by atoms with van der Waals surface area (Å²) in [5.74, 6) is 1.40. The first kappa shape index (κ1) is 37.7. The molecule has 0 saturated carbocycles. The molecule has 5 aromatic heterocycles. The lowest BCUT2D eigenvalue weighted by Crippen LogP contribution is -2.16. The van der Waals surface area contributed by atoms with Crippen molar-refractivity contribution in [2.75, 3.05) is 0 Å². The molecule has 0 amide bonds. The Morgan fingerprint density at radius 3 is 0.838 bits per heavy atom. The normalized spacial score (nSPS) is 11.8. The fraction of sp³-hybridized carbons (Fsp3) is 0. The smallest absolute Gasteiger partial charge is 0.165 e. The molecule has 0 aliphatic heterocycles. The van der Waals surface area contributed by atoms with Crippen molar-refractivity contribution in [1.82, 2.24) is 23.3 Å². The lowest BCUT2D eigenvalue weighted by Gasteiger charge is -2.27. The molecule has 0 bridgehead atoms. The Kier molecular flexibility index (Phi) is 7.98. The van der Waals surface area contributed by atoms with Crippen LogP contribution in [0.2, 0.25) is 0 Å². The van der Waals surface area contributed by atoms with Gasteiger partial charge in [0.1, 0.15) is 23.5 Å². The van der Waals surface area contributed by atoms with Crippen LogP contribution in [0.5, 0.6) is 0 Å². The van der Waals surface area contributed by atoms with Gasteiger partial charge in [0, 0.05) is 48.7 Å². The SMILES string of the molecule is N#Cc1ccc(-c2c(-n3c4ccccc4c4ccccc43)c(-n3c4ccccc4c4ccccc43)nc(-n3c4ccccc4c4ccccc43)c2-n2c3ccccc3c3ccccc32)cc1C#N. The molecule has 0 radical (unpaired) electrons. The van der Waals surface area contributed by atoms with E-state index in [4.69, 9.17) is 4.98 Å². The Bertz CT molecular complexity index is 4080. The fourth-order valence-electron chi connectivity index (χ4n) is 11.1. The molecule has 14 rings (SSSR count). The van der Waals surface area contributed by atoms with Crippen molar-refractivity contribution in [2.45, 2.75) is 0 Å². The molecule has 14 aromatic rings. The molecule has 5 heterocycles. The standard InChI is InChI=1S/C61H35N7/c62-36-39-34-33-38(35-40(39)37-63)57-58(65-49-25-9-1-17-41(49)42-18-2-10-26-50(42)65)60(67-53-29-13-5-21-45(53)46-22-6-14-30-54(46)67)64-61(68-55-31-15-7-23-47(55)48-24-8-16-32-56(48)68)59(57)66-51-27-11-3-19-43(51)44-20-4-12-28-52(44)66/h1-35H. The van der Waals surface area contributed by atoms with Crippen molar-refractivity contribution < 1.29 is 0 Å². The average molecular weight is 866 g/mol. The number of hydrogen-bond donors (Lipinski definition) is 0. The van der Waals surface area contributed by atoms with Crippen molar-refractivity contribution in [3.05, 3.63) is 223 Å². The van der Waals surface area contributed by atoms with Gasteiger partial charge in [0.15, 0.2) is 11.6 Å². The van der Waals surface area contributed by atoms with Crippen molar-refractivity contribution in [3.8, 4) is 46.3 Å². The van der Waals surface area contributed by atoms with Crippen LogP contribution in [-0.4, -0.2) is 23.3 Å². The monoisotopic (exact) mass is 865 g/mol. The number of fused-ring (bicyclic) bond motifs is 12. The predicted molar refractivity (Wildman–Crippen MR) is 276 cm³/mol. The summed E-state index contributed by atoms with van der Waals surface area (Å²) in [6.07, 6.45) is 0. The van der Waals surface area contributed by atoms with Crippen molar-refractivity contribution in [3.63, 3.8) is 0 Å². The summed E-state index contributed by atoms with van der Waals surface area (Å²) in [5.41, 5.74) is 11.9. The van der Waals surface area contributed by atoms with E-state index in [0.29, 0.717) is 22.8 Å². The summed E-state index contributed by atoms with van der Waals surface area (Å²) in [6, 6.07) is 79.0. The predicted octanol–water partition coefficient (Wildman–Crippen LogP) is 14.9. The minimum atomic E-state index is 0.292. The molecule has 0 aliphatic carbocycles. The highest BCUT2D eigenvalue weighted by atomic mass is 15.2. The van der Waals surface area contributed by atoms with Crippen LogP contribution < -0.4 is 0 Å². The minimum Gasteiger partial charge on any atom is -0.305 e. The first-order chi connectivity index (χ1) is 33.7. The number of hydrogen-bond acceptors (Lipinski definition) is 3. The number of nitriles is 2. The molecular formula is C61H35N7. The van der Waals surface area contributed by atoms with Gasteiger partial charge in [-0.1, -0.05) is 152 Å². The number of benzene rings is 9.